The van der Waals surface area contributed by atoms with Crippen LogP contribution in [-0.4, -0.2) is 36.9 Å². The number of aliphatic hydroxyl groups is 1. The fourth-order valence-corrected chi connectivity index (χ4v) is 1.85. The molecule has 94 valence electrons. The summed E-state index contributed by atoms with van der Waals surface area (Å²) in [5, 5.41) is 12.6. The van der Waals surface area contributed by atoms with Crippen LogP contribution in [0.25, 0.3) is 0 Å². The van der Waals surface area contributed by atoms with Crippen LogP contribution in [0.3, 0.4) is 0 Å². The van der Waals surface area contributed by atoms with Crippen LogP contribution in [0.2, 0.25) is 0 Å². The summed E-state index contributed by atoms with van der Waals surface area (Å²) in [5.41, 5.74) is -0.623. The van der Waals surface area contributed by atoms with Gasteiger partial charge >= 0.3 is 0 Å². The van der Waals surface area contributed by atoms with Gasteiger partial charge in [0.15, 0.2) is 0 Å². The van der Waals surface area contributed by atoms with Crippen molar-refractivity contribution in [1.29, 1.82) is 0 Å². The highest BCUT2D eigenvalue weighted by Crippen LogP contribution is 2.30. The average molecular weight is 229 g/mol. The van der Waals surface area contributed by atoms with Crippen LogP contribution in [0.15, 0.2) is 0 Å². The number of amides is 1. The summed E-state index contributed by atoms with van der Waals surface area (Å²) in [6.45, 7) is 3.01. The van der Waals surface area contributed by atoms with Crippen molar-refractivity contribution in [1.82, 2.24) is 5.32 Å². The molecule has 1 amide bonds. The Labute approximate surface area is 97.4 Å². The van der Waals surface area contributed by atoms with Crippen molar-refractivity contribution in [3.63, 3.8) is 0 Å². The van der Waals surface area contributed by atoms with Gasteiger partial charge in [-0.2, -0.15) is 0 Å². The number of rotatable bonds is 7. The molecule has 1 atom stereocenters. The Hall–Kier alpha value is -0.610. The van der Waals surface area contributed by atoms with Crippen LogP contribution in [-0.2, 0) is 9.53 Å². The molecule has 1 fully saturated rings. The first-order valence-electron chi connectivity index (χ1n) is 6.06. The smallest absolute Gasteiger partial charge is 0.222 e. The van der Waals surface area contributed by atoms with Gasteiger partial charge in [-0.1, -0.05) is 6.92 Å². The first kappa shape index (κ1) is 13.5. The standard InChI is InChI=1S/C12H23NO3/c1-10(5-3-8-16-2)11(14)13-9-12(15)6-4-7-12/h10,15H,3-9H2,1-2H3,(H,13,14). The Kier molecular flexibility index (Phi) is 5.22. The number of methoxy groups -OCH3 is 1. The van der Waals surface area contributed by atoms with E-state index in [9.17, 15) is 9.90 Å². The third-order valence-electron chi connectivity index (χ3n) is 3.31. The third kappa shape index (κ3) is 4.10. The second-order valence-corrected chi connectivity index (χ2v) is 4.83. The molecule has 0 bridgehead atoms. The molecule has 0 aromatic carbocycles. The maximum absolute atomic E-state index is 11.7. The van der Waals surface area contributed by atoms with Gasteiger partial charge in [0.1, 0.15) is 0 Å². The summed E-state index contributed by atoms with van der Waals surface area (Å²) >= 11 is 0. The first-order chi connectivity index (χ1) is 7.57. The van der Waals surface area contributed by atoms with Gasteiger partial charge in [0, 0.05) is 26.2 Å². The lowest BCUT2D eigenvalue weighted by Crippen LogP contribution is -2.48. The maximum atomic E-state index is 11.7. The third-order valence-corrected chi connectivity index (χ3v) is 3.31. The topological polar surface area (TPSA) is 58.6 Å². The van der Waals surface area contributed by atoms with Gasteiger partial charge in [-0.25, -0.2) is 0 Å². The molecule has 1 aliphatic rings. The van der Waals surface area contributed by atoms with Crippen LogP contribution in [0.4, 0.5) is 0 Å². The van der Waals surface area contributed by atoms with Crippen molar-refractivity contribution in [2.45, 2.75) is 44.6 Å². The van der Waals surface area contributed by atoms with E-state index in [1.165, 1.54) is 0 Å². The predicted molar refractivity (Wildman–Crippen MR) is 62.1 cm³/mol. The predicted octanol–water partition coefficient (Wildman–Crippen LogP) is 1.08. The molecule has 0 heterocycles. The molecule has 16 heavy (non-hydrogen) atoms. The van der Waals surface area contributed by atoms with Gasteiger partial charge in [-0.15, -0.1) is 0 Å². The lowest BCUT2D eigenvalue weighted by molar-refractivity contribution is -0.127. The Balaban J connectivity index is 2.13. The summed E-state index contributed by atoms with van der Waals surface area (Å²) in [4.78, 5) is 11.7. The van der Waals surface area contributed by atoms with Crippen molar-refractivity contribution in [2.24, 2.45) is 5.92 Å². The van der Waals surface area contributed by atoms with Crippen molar-refractivity contribution in [3.8, 4) is 0 Å². The van der Waals surface area contributed by atoms with Crippen molar-refractivity contribution in [2.75, 3.05) is 20.3 Å². The van der Waals surface area contributed by atoms with Crippen LogP contribution in [0, 0.1) is 5.92 Å². The summed E-state index contributed by atoms with van der Waals surface area (Å²) in [6.07, 6.45) is 4.42. The Morgan fingerprint density at radius 1 is 1.56 bits per heavy atom. The van der Waals surface area contributed by atoms with E-state index in [0.717, 1.165) is 32.1 Å². The minimum absolute atomic E-state index is 0.00109. The van der Waals surface area contributed by atoms with E-state index in [-0.39, 0.29) is 11.8 Å². The van der Waals surface area contributed by atoms with Gasteiger partial charge < -0.3 is 15.2 Å². The largest absolute Gasteiger partial charge is 0.388 e. The lowest BCUT2D eigenvalue weighted by atomic mass is 9.80. The highest BCUT2D eigenvalue weighted by molar-refractivity contribution is 5.78. The molecule has 0 saturated heterocycles. The molecule has 1 saturated carbocycles. The van der Waals surface area contributed by atoms with Gasteiger partial charge in [0.2, 0.25) is 5.91 Å². The number of nitrogens with one attached hydrogen (secondary N) is 1. The number of ether oxygens (including phenoxy) is 1. The van der Waals surface area contributed by atoms with E-state index in [4.69, 9.17) is 4.74 Å². The Morgan fingerprint density at radius 2 is 2.25 bits per heavy atom. The Morgan fingerprint density at radius 3 is 2.75 bits per heavy atom. The Bertz CT molecular complexity index is 226. The van der Waals surface area contributed by atoms with E-state index >= 15 is 0 Å². The first-order valence-corrected chi connectivity index (χ1v) is 6.06. The molecule has 1 unspecified atom stereocenters. The summed E-state index contributed by atoms with van der Waals surface area (Å²) in [7, 11) is 1.66. The van der Waals surface area contributed by atoms with Crippen LogP contribution >= 0.6 is 0 Å². The molecular formula is C12H23NO3. The second-order valence-electron chi connectivity index (χ2n) is 4.83. The molecule has 0 aromatic rings. The number of carbonyl (C=O) groups is 1. The minimum atomic E-state index is -0.623. The average Bonchev–Trinajstić information content (AvgIpc) is 2.23. The maximum Gasteiger partial charge on any atom is 0.222 e. The SMILES string of the molecule is COCCCC(C)C(=O)NCC1(O)CCC1. The molecular weight excluding hydrogens is 206 g/mol. The van der Waals surface area contributed by atoms with Crippen LogP contribution in [0.1, 0.15) is 39.0 Å². The highest BCUT2D eigenvalue weighted by Gasteiger charge is 2.34. The summed E-state index contributed by atoms with van der Waals surface area (Å²) in [6, 6.07) is 0. The van der Waals surface area contributed by atoms with E-state index in [1.54, 1.807) is 7.11 Å². The lowest BCUT2D eigenvalue weighted by Gasteiger charge is -2.36. The second kappa shape index (κ2) is 6.21. The zero-order chi connectivity index (χ0) is 12.0. The summed E-state index contributed by atoms with van der Waals surface area (Å²) in [5.74, 6) is 0.0373. The van der Waals surface area contributed by atoms with Gasteiger partial charge in [0.05, 0.1) is 5.60 Å². The van der Waals surface area contributed by atoms with Crippen LogP contribution < -0.4 is 5.32 Å². The van der Waals surface area contributed by atoms with E-state index in [1.807, 2.05) is 6.92 Å². The van der Waals surface area contributed by atoms with Gasteiger partial charge in [-0.05, 0) is 32.1 Å². The quantitative estimate of drug-likeness (QED) is 0.642. The zero-order valence-corrected chi connectivity index (χ0v) is 10.3. The molecule has 0 spiro atoms. The monoisotopic (exact) mass is 229 g/mol. The van der Waals surface area contributed by atoms with Crippen molar-refractivity contribution in [3.05, 3.63) is 0 Å². The normalized spacial score (nSPS) is 19.9. The fraction of sp³-hybridized carbons (Fsp3) is 0.917. The van der Waals surface area contributed by atoms with E-state index in [2.05, 4.69) is 5.32 Å². The fourth-order valence-electron chi connectivity index (χ4n) is 1.85. The number of hydrogen-bond donors (Lipinski definition) is 2. The minimum Gasteiger partial charge on any atom is -0.388 e. The summed E-state index contributed by atoms with van der Waals surface area (Å²) < 4.78 is 4.94. The van der Waals surface area contributed by atoms with Crippen molar-refractivity contribution >= 4 is 5.91 Å². The molecule has 1 aliphatic carbocycles. The number of hydrogen-bond acceptors (Lipinski definition) is 3. The van der Waals surface area contributed by atoms with Crippen molar-refractivity contribution < 1.29 is 14.6 Å². The highest BCUT2D eigenvalue weighted by atomic mass is 16.5. The number of carbonyl (C=O) groups excluding carboxylic acids is 1. The molecule has 0 aliphatic heterocycles. The zero-order valence-electron chi connectivity index (χ0n) is 10.3. The van der Waals surface area contributed by atoms with Gasteiger partial charge in [-0.3, -0.25) is 4.79 Å². The molecule has 4 heteroatoms. The molecule has 0 aromatic heterocycles. The van der Waals surface area contributed by atoms with E-state index < -0.39 is 5.60 Å². The molecule has 2 N–H and O–H groups in total. The van der Waals surface area contributed by atoms with Gasteiger partial charge in [0.25, 0.3) is 0 Å². The molecule has 1 rings (SSSR count). The van der Waals surface area contributed by atoms with Crippen LogP contribution in [0.5, 0.6) is 0 Å². The molecule has 0 radical (unpaired) electrons. The molecule has 4 nitrogen and oxygen atoms in total. The van der Waals surface area contributed by atoms with E-state index in [0.29, 0.717) is 13.2 Å².